The van der Waals surface area contributed by atoms with Crippen LogP contribution in [0.3, 0.4) is 0 Å². The number of non-ortho nitro benzene ring substituents is 1. The summed E-state index contributed by atoms with van der Waals surface area (Å²) >= 11 is 0. The molecule has 0 unspecified atom stereocenters. The van der Waals surface area contributed by atoms with Gasteiger partial charge in [0.2, 0.25) is 0 Å². The molecular weight excluding hydrogens is 358 g/mol. The molecule has 0 N–H and O–H groups in total. The first-order valence-corrected chi connectivity index (χ1v) is 9.51. The van der Waals surface area contributed by atoms with Crippen LogP contribution in [0.1, 0.15) is 18.1 Å². The largest absolute Gasteiger partial charge is 0.483 e. The summed E-state index contributed by atoms with van der Waals surface area (Å²) in [5, 5.41) is 10.9. The molecule has 148 valence electrons. The minimum Gasteiger partial charge on any atom is -0.483 e. The highest BCUT2D eigenvalue weighted by Gasteiger charge is 2.22. The van der Waals surface area contributed by atoms with E-state index < -0.39 is 0 Å². The van der Waals surface area contributed by atoms with Gasteiger partial charge in [0.25, 0.3) is 11.6 Å². The fraction of sp³-hybridized carbons (Fsp3) is 0.381. The molecule has 0 saturated carbocycles. The second kappa shape index (κ2) is 9.32. The number of carbonyl (C=O) groups excluding carboxylic acids is 1. The number of nitrogens with zero attached hydrogens (tertiary/aromatic N) is 3. The first kappa shape index (κ1) is 19.8. The van der Waals surface area contributed by atoms with Gasteiger partial charge in [-0.25, -0.2) is 0 Å². The van der Waals surface area contributed by atoms with Gasteiger partial charge >= 0.3 is 0 Å². The molecule has 2 aromatic rings. The molecule has 3 rings (SSSR count). The molecule has 7 heteroatoms. The fourth-order valence-electron chi connectivity index (χ4n) is 3.35. The lowest BCUT2D eigenvalue weighted by atomic mass is 10.1. The van der Waals surface area contributed by atoms with E-state index in [1.54, 1.807) is 12.1 Å². The number of nitro benzene ring substituents is 1. The number of piperazine rings is 1. The van der Waals surface area contributed by atoms with Crippen LogP contribution in [0.5, 0.6) is 5.75 Å². The molecule has 1 heterocycles. The molecule has 1 aliphatic rings. The quantitative estimate of drug-likeness (QED) is 0.543. The highest BCUT2D eigenvalue weighted by atomic mass is 16.6. The lowest BCUT2D eigenvalue weighted by molar-refractivity contribution is -0.384. The summed E-state index contributed by atoms with van der Waals surface area (Å²) in [6.45, 7) is 5.48. The van der Waals surface area contributed by atoms with Crippen molar-refractivity contribution in [2.45, 2.75) is 19.9 Å². The molecular formula is C21H25N3O4. The van der Waals surface area contributed by atoms with Crippen LogP contribution in [0.4, 0.5) is 5.69 Å². The molecule has 0 bridgehead atoms. The predicted molar refractivity (Wildman–Crippen MR) is 106 cm³/mol. The maximum Gasteiger partial charge on any atom is 0.269 e. The van der Waals surface area contributed by atoms with Gasteiger partial charge in [-0.05, 0) is 23.6 Å². The average molecular weight is 383 g/mol. The summed E-state index contributed by atoms with van der Waals surface area (Å²) in [6, 6.07) is 14.5. The zero-order valence-electron chi connectivity index (χ0n) is 16.0. The number of hydrogen-bond donors (Lipinski definition) is 0. The Morgan fingerprint density at radius 2 is 1.86 bits per heavy atom. The van der Waals surface area contributed by atoms with Crippen molar-refractivity contribution in [2.24, 2.45) is 0 Å². The highest BCUT2D eigenvalue weighted by molar-refractivity contribution is 5.78. The van der Waals surface area contributed by atoms with Crippen molar-refractivity contribution in [3.05, 3.63) is 69.8 Å². The Labute approximate surface area is 164 Å². The summed E-state index contributed by atoms with van der Waals surface area (Å²) < 4.78 is 5.73. The van der Waals surface area contributed by atoms with Gasteiger partial charge in [0, 0.05) is 44.9 Å². The zero-order valence-corrected chi connectivity index (χ0v) is 16.0. The van der Waals surface area contributed by atoms with Crippen LogP contribution in [0.2, 0.25) is 0 Å². The van der Waals surface area contributed by atoms with Crippen molar-refractivity contribution in [2.75, 3.05) is 32.8 Å². The number of ether oxygens (including phenoxy) is 1. The van der Waals surface area contributed by atoms with E-state index in [1.807, 2.05) is 35.2 Å². The molecule has 0 spiro atoms. The number of aryl methyl sites for hydroxylation is 1. The first-order chi connectivity index (χ1) is 13.6. The van der Waals surface area contributed by atoms with E-state index in [1.165, 1.54) is 6.07 Å². The van der Waals surface area contributed by atoms with E-state index in [-0.39, 0.29) is 23.1 Å². The summed E-state index contributed by atoms with van der Waals surface area (Å²) in [5.74, 6) is 0.753. The average Bonchev–Trinajstić information content (AvgIpc) is 2.73. The summed E-state index contributed by atoms with van der Waals surface area (Å²) in [7, 11) is 0. The first-order valence-electron chi connectivity index (χ1n) is 9.51. The maximum atomic E-state index is 12.5. The molecule has 0 aromatic heterocycles. The van der Waals surface area contributed by atoms with E-state index in [4.69, 9.17) is 4.74 Å². The van der Waals surface area contributed by atoms with E-state index in [2.05, 4.69) is 11.8 Å². The van der Waals surface area contributed by atoms with Gasteiger partial charge < -0.3 is 9.64 Å². The van der Waals surface area contributed by atoms with Gasteiger partial charge in [-0.2, -0.15) is 0 Å². The second-order valence-electron chi connectivity index (χ2n) is 6.83. The van der Waals surface area contributed by atoms with Crippen LogP contribution < -0.4 is 4.74 Å². The number of amides is 1. The molecule has 0 atom stereocenters. The van der Waals surface area contributed by atoms with E-state index >= 15 is 0 Å². The van der Waals surface area contributed by atoms with E-state index in [9.17, 15) is 14.9 Å². The molecule has 0 aliphatic carbocycles. The summed E-state index contributed by atoms with van der Waals surface area (Å²) in [5.41, 5.74) is 2.11. The lowest BCUT2D eigenvalue weighted by Gasteiger charge is -2.34. The molecule has 28 heavy (non-hydrogen) atoms. The number of para-hydroxylation sites is 1. The van der Waals surface area contributed by atoms with Crippen LogP contribution in [0, 0.1) is 10.1 Å². The van der Waals surface area contributed by atoms with Gasteiger partial charge in [-0.1, -0.05) is 37.3 Å². The third-order valence-electron chi connectivity index (χ3n) is 4.96. The number of hydrogen-bond acceptors (Lipinski definition) is 5. The van der Waals surface area contributed by atoms with Gasteiger partial charge in [0.05, 0.1) is 4.92 Å². The maximum absolute atomic E-state index is 12.5. The molecule has 1 fully saturated rings. The Morgan fingerprint density at radius 3 is 2.57 bits per heavy atom. The van der Waals surface area contributed by atoms with Crippen molar-refractivity contribution < 1.29 is 14.5 Å². The zero-order chi connectivity index (χ0) is 19.9. The molecule has 7 nitrogen and oxygen atoms in total. The third kappa shape index (κ3) is 5.07. The SMILES string of the molecule is CCc1ccccc1OCC(=O)N1CCN(Cc2cccc([N+](=O)[O-])c2)CC1. The lowest BCUT2D eigenvalue weighted by Crippen LogP contribution is -2.49. The van der Waals surface area contributed by atoms with Crippen molar-refractivity contribution >= 4 is 11.6 Å². The Kier molecular flexibility index (Phi) is 6.60. The minimum atomic E-state index is -0.378. The van der Waals surface area contributed by atoms with E-state index in [0.29, 0.717) is 19.6 Å². The third-order valence-corrected chi connectivity index (χ3v) is 4.96. The predicted octanol–water partition coefficient (Wildman–Crippen LogP) is 2.88. The smallest absolute Gasteiger partial charge is 0.269 e. The minimum absolute atomic E-state index is 0.0131. The van der Waals surface area contributed by atoms with Crippen molar-refractivity contribution in [1.82, 2.24) is 9.80 Å². The molecule has 1 aliphatic heterocycles. The van der Waals surface area contributed by atoms with Gasteiger partial charge in [-0.15, -0.1) is 0 Å². The summed E-state index contributed by atoms with van der Waals surface area (Å²) in [6.07, 6.45) is 0.862. The van der Waals surface area contributed by atoms with Gasteiger partial charge in [0.1, 0.15) is 5.75 Å². The topological polar surface area (TPSA) is 75.9 Å². The molecule has 1 saturated heterocycles. The van der Waals surface area contributed by atoms with Crippen LogP contribution in [0.25, 0.3) is 0 Å². The Balaban J connectivity index is 1.47. The molecule has 1 amide bonds. The van der Waals surface area contributed by atoms with Crippen LogP contribution in [-0.4, -0.2) is 53.4 Å². The summed E-state index contributed by atoms with van der Waals surface area (Å²) in [4.78, 5) is 27.0. The molecule has 0 radical (unpaired) electrons. The monoisotopic (exact) mass is 383 g/mol. The van der Waals surface area contributed by atoms with E-state index in [0.717, 1.165) is 36.4 Å². The normalized spacial score (nSPS) is 14.7. The standard InChI is InChI=1S/C21H25N3O4/c1-2-18-7-3-4-9-20(18)28-16-21(25)23-12-10-22(11-13-23)15-17-6-5-8-19(14-17)24(26)27/h3-9,14H,2,10-13,15-16H2,1H3. The van der Waals surface area contributed by atoms with Crippen LogP contribution >= 0.6 is 0 Å². The Bertz CT molecular complexity index is 832. The molecule has 2 aromatic carbocycles. The number of rotatable bonds is 7. The van der Waals surface area contributed by atoms with Gasteiger partial charge in [-0.3, -0.25) is 19.8 Å². The van der Waals surface area contributed by atoms with Crippen molar-refractivity contribution in [3.8, 4) is 5.75 Å². The van der Waals surface area contributed by atoms with Gasteiger partial charge in [0.15, 0.2) is 6.61 Å². The Morgan fingerprint density at radius 1 is 1.11 bits per heavy atom. The number of carbonyl (C=O) groups is 1. The fourth-order valence-corrected chi connectivity index (χ4v) is 3.35. The number of nitro groups is 1. The van der Waals surface area contributed by atoms with Crippen molar-refractivity contribution in [3.63, 3.8) is 0 Å². The number of benzene rings is 2. The highest BCUT2D eigenvalue weighted by Crippen LogP contribution is 2.19. The second-order valence-corrected chi connectivity index (χ2v) is 6.83. The van der Waals surface area contributed by atoms with Crippen LogP contribution in [-0.2, 0) is 17.8 Å². The Hall–Kier alpha value is -2.93. The van der Waals surface area contributed by atoms with Crippen molar-refractivity contribution in [1.29, 1.82) is 0 Å². The van der Waals surface area contributed by atoms with Crippen LogP contribution in [0.15, 0.2) is 48.5 Å².